The summed E-state index contributed by atoms with van der Waals surface area (Å²) in [5.74, 6) is 0. The maximum absolute atomic E-state index is 2.44. The van der Waals surface area contributed by atoms with Crippen molar-refractivity contribution in [3.05, 3.63) is 267 Å². The van der Waals surface area contributed by atoms with Crippen LogP contribution in [0, 0.1) is 0 Å². The van der Waals surface area contributed by atoms with Crippen molar-refractivity contribution in [2.75, 3.05) is 9.80 Å². The van der Waals surface area contributed by atoms with E-state index in [2.05, 4.69) is 277 Å². The van der Waals surface area contributed by atoms with E-state index in [1.54, 1.807) is 0 Å². The number of para-hydroxylation sites is 4. The molecule has 0 aliphatic heterocycles. The zero-order valence-electron chi connectivity index (χ0n) is 39.3. The van der Waals surface area contributed by atoms with Crippen molar-refractivity contribution in [3.8, 4) is 22.3 Å². The summed E-state index contributed by atoms with van der Waals surface area (Å²) < 4.78 is 0. The van der Waals surface area contributed by atoms with Crippen LogP contribution in [0.25, 0.3) is 86.9 Å². The van der Waals surface area contributed by atoms with Crippen molar-refractivity contribution in [1.29, 1.82) is 0 Å². The molecule has 332 valence electrons. The molecule has 0 aromatic heterocycles. The van der Waals surface area contributed by atoms with Gasteiger partial charge in [0.25, 0.3) is 0 Å². The molecule has 0 N–H and O–H groups in total. The van der Waals surface area contributed by atoms with Gasteiger partial charge >= 0.3 is 0 Å². The van der Waals surface area contributed by atoms with Crippen LogP contribution in [-0.2, 0) is 0 Å². The van der Waals surface area contributed by atoms with E-state index < -0.39 is 0 Å². The Morgan fingerprint density at radius 2 is 0.500 bits per heavy atom. The van der Waals surface area contributed by atoms with Crippen LogP contribution in [0.15, 0.2) is 267 Å². The molecule has 0 saturated heterocycles. The molecule has 0 amide bonds. The molecular weight excluding hydrogens is 845 g/mol. The number of anilines is 6. The fraction of sp³-hybridized carbons (Fsp3) is 0.0294. The predicted molar refractivity (Wildman–Crippen MR) is 303 cm³/mol. The smallest absolute Gasteiger partial charge is 0.0468 e. The van der Waals surface area contributed by atoms with Gasteiger partial charge in [-0.25, -0.2) is 0 Å². The second-order valence-corrected chi connectivity index (χ2v) is 17.7. The van der Waals surface area contributed by atoms with E-state index in [1.165, 1.54) is 86.9 Å². The first kappa shape index (κ1) is 42.4. The summed E-state index contributed by atoms with van der Waals surface area (Å²) in [5, 5.41) is 14.7. The molecule has 2 heteroatoms. The SMILES string of the molecule is CC.c1ccc(N(c2ccccc2)c2ccc3c(-c4ccc5ccc6ccccc6c5c4)c4cc(N(c5ccccc5)c5ccccc5)ccc4c(-c4ccc5ccc6ccccc6c5c4)c3c2)cc1. The number of nitrogens with zero attached hydrogens (tertiary/aromatic N) is 2. The molecule has 0 bridgehead atoms. The van der Waals surface area contributed by atoms with Gasteiger partial charge in [0.1, 0.15) is 0 Å². The zero-order chi connectivity index (χ0) is 47.0. The Hall–Kier alpha value is -8.98. The summed E-state index contributed by atoms with van der Waals surface area (Å²) in [6.45, 7) is 4.00. The second kappa shape index (κ2) is 18.3. The van der Waals surface area contributed by atoms with Gasteiger partial charge in [-0.05, 0) is 172 Å². The molecule has 2 nitrogen and oxygen atoms in total. The summed E-state index contributed by atoms with van der Waals surface area (Å²) in [4.78, 5) is 4.76. The summed E-state index contributed by atoms with van der Waals surface area (Å²) in [7, 11) is 0. The molecule has 0 fully saturated rings. The predicted octanol–water partition coefficient (Wildman–Crippen LogP) is 19.9. The lowest BCUT2D eigenvalue weighted by molar-refractivity contribution is 1.29. The highest BCUT2D eigenvalue weighted by molar-refractivity contribution is 6.24. The first-order chi connectivity index (χ1) is 34.7. The standard InChI is InChI=1S/C66H44N2.C2H6/c1-5-19-51(20-6-1)67(52-21-7-2-8-22-52)55-37-39-59-63(43-55)65(49-35-33-47-31-29-45-17-13-15-27-57(45)61(47)41-49)60-40-38-56(68(53-23-9-3-10-24-53)54-25-11-4-12-26-54)44-64(60)66(59)50-36-34-48-32-30-46-18-14-16-28-58(46)62(48)42-50;1-2/h1-44H;1-2H3. The number of hydrogen-bond donors (Lipinski definition) is 0. The van der Waals surface area contributed by atoms with Crippen LogP contribution < -0.4 is 9.80 Å². The van der Waals surface area contributed by atoms with E-state index in [1.807, 2.05) is 13.8 Å². The molecule has 0 atom stereocenters. The van der Waals surface area contributed by atoms with Gasteiger partial charge in [0.05, 0.1) is 0 Å². The van der Waals surface area contributed by atoms with Crippen LogP contribution in [0.1, 0.15) is 13.8 Å². The van der Waals surface area contributed by atoms with Gasteiger partial charge in [-0.3, -0.25) is 0 Å². The van der Waals surface area contributed by atoms with Crippen molar-refractivity contribution in [2.45, 2.75) is 13.8 Å². The highest BCUT2D eigenvalue weighted by atomic mass is 15.1. The van der Waals surface area contributed by atoms with Gasteiger partial charge in [-0.15, -0.1) is 0 Å². The number of rotatable bonds is 8. The monoisotopic (exact) mass is 894 g/mol. The molecule has 0 aliphatic rings. The van der Waals surface area contributed by atoms with Gasteiger partial charge in [-0.1, -0.05) is 196 Å². The highest BCUT2D eigenvalue weighted by Gasteiger charge is 2.23. The van der Waals surface area contributed by atoms with Crippen LogP contribution in [0.5, 0.6) is 0 Å². The lowest BCUT2D eigenvalue weighted by Crippen LogP contribution is -2.10. The van der Waals surface area contributed by atoms with Gasteiger partial charge in [0.2, 0.25) is 0 Å². The fourth-order valence-electron chi connectivity index (χ4n) is 10.6. The second-order valence-electron chi connectivity index (χ2n) is 17.7. The van der Waals surface area contributed by atoms with E-state index in [4.69, 9.17) is 0 Å². The van der Waals surface area contributed by atoms with Gasteiger partial charge in [0.15, 0.2) is 0 Å². The molecule has 0 heterocycles. The third-order valence-corrected chi connectivity index (χ3v) is 13.7. The zero-order valence-corrected chi connectivity index (χ0v) is 39.3. The summed E-state index contributed by atoms with van der Waals surface area (Å²) in [5.41, 5.74) is 11.4. The molecule has 0 unspecified atom stereocenters. The van der Waals surface area contributed by atoms with Crippen molar-refractivity contribution < 1.29 is 0 Å². The van der Waals surface area contributed by atoms with Crippen LogP contribution >= 0.6 is 0 Å². The number of benzene rings is 13. The molecule has 70 heavy (non-hydrogen) atoms. The minimum atomic E-state index is 1.09. The molecule has 0 spiro atoms. The minimum Gasteiger partial charge on any atom is -0.310 e. The van der Waals surface area contributed by atoms with E-state index in [9.17, 15) is 0 Å². The molecular formula is C68H50N2. The van der Waals surface area contributed by atoms with E-state index in [0.29, 0.717) is 0 Å². The van der Waals surface area contributed by atoms with E-state index in [-0.39, 0.29) is 0 Å². The van der Waals surface area contributed by atoms with Crippen molar-refractivity contribution in [2.24, 2.45) is 0 Å². The van der Waals surface area contributed by atoms with Gasteiger partial charge in [-0.2, -0.15) is 0 Å². The first-order valence-electron chi connectivity index (χ1n) is 24.4. The maximum Gasteiger partial charge on any atom is 0.0468 e. The lowest BCUT2D eigenvalue weighted by atomic mass is 9.84. The van der Waals surface area contributed by atoms with Crippen LogP contribution in [0.3, 0.4) is 0 Å². The highest BCUT2D eigenvalue weighted by Crippen LogP contribution is 2.49. The van der Waals surface area contributed by atoms with Crippen molar-refractivity contribution >= 4 is 98.8 Å². The normalized spacial score (nSPS) is 11.3. The Morgan fingerprint density at radius 1 is 0.200 bits per heavy atom. The van der Waals surface area contributed by atoms with Crippen LogP contribution in [0.2, 0.25) is 0 Å². The average molecular weight is 895 g/mol. The van der Waals surface area contributed by atoms with E-state index >= 15 is 0 Å². The first-order valence-corrected chi connectivity index (χ1v) is 24.4. The Kier molecular flexibility index (Phi) is 11.1. The Bertz CT molecular complexity index is 3670. The van der Waals surface area contributed by atoms with Gasteiger partial charge < -0.3 is 9.80 Å². The molecule has 0 saturated carbocycles. The van der Waals surface area contributed by atoms with E-state index in [0.717, 1.165) is 34.1 Å². The minimum absolute atomic E-state index is 1.09. The number of hydrogen-bond acceptors (Lipinski definition) is 2. The average Bonchev–Trinajstić information content (AvgIpc) is 3.44. The van der Waals surface area contributed by atoms with Crippen molar-refractivity contribution in [3.63, 3.8) is 0 Å². The van der Waals surface area contributed by atoms with Crippen LogP contribution in [-0.4, -0.2) is 0 Å². The largest absolute Gasteiger partial charge is 0.310 e. The summed E-state index contributed by atoms with van der Waals surface area (Å²) in [6, 6.07) is 97.9. The Labute approximate surface area is 409 Å². The summed E-state index contributed by atoms with van der Waals surface area (Å²) in [6.07, 6.45) is 0. The Balaban J connectivity index is 0.00000249. The molecule has 13 aromatic carbocycles. The molecule has 13 aromatic rings. The Morgan fingerprint density at radius 3 is 0.857 bits per heavy atom. The fourth-order valence-corrected chi connectivity index (χ4v) is 10.6. The topological polar surface area (TPSA) is 6.48 Å². The third kappa shape index (κ3) is 7.48. The molecule has 0 radical (unpaired) electrons. The number of fused-ring (bicyclic) bond motifs is 8. The van der Waals surface area contributed by atoms with Gasteiger partial charge in [0, 0.05) is 34.1 Å². The van der Waals surface area contributed by atoms with Crippen molar-refractivity contribution in [1.82, 2.24) is 0 Å². The maximum atomic E-state index is 2.44. The molecule has 0 aliphatic carbocycles. The van der Waals surface area contributed by atoms with Crippen LogP contribution in [0.4, 0.5) is 34.1 Å². The third-order valence-electron chi connectivity index (χ3n) is 13.7. The quantitative estimate of drug-likeness (QED) is 0.111. The molecule has 13 rings (SSSR count). The lowest BCUT2D eigenvalue weighted by Gasteiger charge is -2.28. The summed E-state index contributed by atoms with van der Waals surface area (Å²) >= 11 is 0.